The molecule has 1 aromatic rings. The maximum Gasteiger partial charge on any atom is 0.243 e. The lowest BCUT2D eigenvalue weighted by Gasteiger charge is -2.21. The number of nitrogens with one attached hydrogen (secondary N) is 1. The fourth-order valence-corrected chi connectivity index (χ4v) is 3.26. The second kappa shape index (κ2) is 7.20. The minimum absolute atomic E-state index is 0.0528. The topological polar surface area (TPSA) is 49.4 Å². The number of benzene rings is 1. The van der Waals surface area contributed by atoms with Crippen LogP contribution in [0, 0.1) is 6.92 Å². The van der Waals surface area contributed by atoms with E-state index in [4.69, 9.17) is 0 Å². The van der Waals surface area contributed by atoms with Gasteiger partial charge < -0.3 is 5.32 Å². The van der Waals surface area contributed by atoms with E-state index in [9.17, 15) is 8.42 Å². The molecule has 0 atom stereocenters. The van der Waals surface area contributed by atoms with Gasteiger partial charge >= 0.3 is 0 Å². The Morgan fingerprint density at radius 2 is 1.95 bits per heavy atom. The van der Waals surface area contributed by atoms with Crippen molar-refractivity contribution in [3.8, 4) is 0 Å². The van der Waals surface area contributed by atoms with Crippen molar-refractivity contribution in [3.05, 3.63) is 29.3 Å². The monoisotopic (exact) mass is 298 g/mol. The Hall–Kier alpha value is -0.910. The maximum atomic E-state index is 12.5. The molecule has 4 nitrogen and oxygen atoms in total. The molecule has 0 unspecified atom stereocenters. The molecule has 5 heteroatoms. The first kappa shape index (κ1) is 17.1. The number of hydrogen-bond donors (Lipinski definition) is 1. The van der Waals surface area contributed by atoms with Crippen molar-refractivity contribution in [1.82, 2.24) is 9.62 Å². The lowest BCUT2D eigenvalue weighted by molar-refractivity contribution is 0.410. The highest BCUT2D eigenvalue weighted by atomic mass is 32.2. The molecule has 0 saturated heterocycles. The smallest absolute Gasteiger partial charge is 0.243 e. The summed E-state index contributed by atoms with van der Waals surface area (Å²) in [7, 11) is -1.78. The van der Waals surface area contributed by atoms with E-state index in [0.717, 1.165) is 24.1 Å². The summed E-state index contributed by atoms with van der Waals surface area (Å²) in [5.41, 5.74) is 2.15. The van der Waals surface area contributed by atoms with Gasteiger partial charge in [0.15, 0.2) is 0 Å². The predicted molar refractivity (Wildman–Crippen MR) is 83.3 cm³/mol. The van der Waals surface area contributed by atoms with E-state index in [1.54, 1.807) is 19.2 Å². The van der Waals surface area contributed by atoms with E-state index in [2.05, 4.69) is 12.2 Å². The Labute approximate surface area is 123 Å². The highest BCUT2D eigenvalue weighted by molar-refractivity contribution is 7.89. The molecule has 0 radical (unpaired) electrons. The van der Waals surface area contributed by atoms with Crippen LogP contribution in [0.4, 0.5) is 0 Å². The predicted octanol–water partition coefficient (Wildman–Crippen LogP) is 2.52. The fraction of sp³-hybridized carbons (Fsp3) is 0.600. The normalized spacial score (nSPS) is 12.3. The van der Waals surface area contributed by atoms with E-state index in [1.165, 1.54) is 4.31 Å². The molecular formula is C15H26N2O2S. The van der Waals surface area contributed by atoms with Crippen LogP contribution in [0.1, 0.15) is 38.3 Å². The van der Waals surface area contributed by atoms with E-state index in [0.29, 0.717) is 11.4 Å². The molecule has 1 N–H and O–H groups in total. The number of rotatable bonds is 7. The largest absolute Gasteiger partial charge is 0.313 e. The summed E-state index contributed by atoms with van der Waals surface area (Å²) in [6, 6.07) is 5.30. The Bertz CT molecular complexity index is 539. The summed E-state index contributed by atoms with van der Waals surface area (Å²) < 4.78 is 26.3. The van der Waals surface area contributed by atoms with Crippen LogP contribution in [0.25, 0.3) is 0 Å². The lowest BCUT2D eigenvalue weighted by Crippen LogP contribution is -2.33. The molecule has 1 aromatic carbocycles. The van der Waals surface area contributed by atoms with Crippen LogP contribution in [0.2, 0.25) is 0 Å². The molecule has 0 aliphatic rings. The number of nitrogens with zero attached hydrogens (tertiary/aromatic N) is 1. The molecule has 1 rings (SSSR count). The van der Waals surface area contributed by atoms with Crippen molar-refractivity contribution < 1.29 is 8.42 Å². The highest BCUT2D eigenvalue weighted by Crippen LogP contribution is 2.20. The average molecular weight is 298 g/mol. The molecule has 0 heterocycles. The summed E-state index contributed by atoms with van der Waals surface area (Å²) >= 11 is 0. The van der Waals surface area contributed by atoms with Crippen LogP contribution < -0.4 is 5.32 Å². The van der Waals surface area contributed by atoms with E-state index >= 15 is 0 Å². The molecule has 20 heavy (non-hydrogen) atoms. The van der Waals surface area contributed by atoms with Crippen molar-refractivity contribution in [1.29, 1.82) is 0 Å². The van der Waals surface area contributed by atoms with Crippen LogP contribution in [0.5, 0.6) is 0 Å². The quantitative estimate of drug-likeness (QED) is 0.787. The summed E-state index contributed by atoms with van der Waals surface area (Å²) in [5.74, 6) is 0. The van der Waals surface area contributed by atoms with Gasteiger partial charge in [-0.3, -0.25) is 0 Å². The molecule has 0 aliphatic heterocycles. The average Bonchev–Trinajstić information content (AvgIpc) is 2.39. The van der Waals surface area contributed by atoms with E-state index in [-0.39, 0.29) is 6.04 Å². The van der Waals surface area contributed by atoms with Gasteiger partial charge in [0.1, 0.15) is 0 Å². The van der Waals surface area contributed by atoms with Crippen molar-refractivity contribution in [3.63, 3.8) is 0 Å². The van der Waals surface area contributed by atoms with Crippen molar-refractivity contribution in [2.45, 2.75) is 51.6 Å². The zero-order valence-corrected chi connectivity index (χ0v) is 13.9. The zero-order chi connectivity index (χ0) is 15.3. The first-order valence-corrected chi connectivity index (χ1v) is 8.53. The molecule has 0 aromatic heterocycles. The molecule has 0 bridgehead atoms. The van der Waals surface area contributed by atoms with Gasteiger partial charge in [-0.1, -0.05) is 13.0 Å². The Morgan fingerprint density at radius 3 is 2.50 bits per heavy atom. The van der Waals surface area contributed by atoms with E-state index in [1.807, 2.05) is 26.8 Å². The second-order valence-electron chi connectivity index (χ2n) is 5.38. The zero-order valence-electron chi connectivity index (χ0n) is 13.1. The van der Waals surface area contributed by atoms with Crippen molar-refractivity contribution >= 4 is 10.0 Å². The summed E-state index contributed by atoms with van der Waals surface area (Å²) in [6.45, 7) is 9.49. The first-order chi connectivity index (χ1) is 9.30. The molecule has 114 valence electrons. The standard InChI is InChI=1S/C15H26N2O2S/c1-6-9-16-11-14-10-15(8-7-13(14)4)20(18,19)17(5)12(2)3/h7-8,10,12,16H,6,9,11H2,1-5H3. The third kappa shape index (κ3) is 4.04. The minimum atomic E-state index is -3.40. The fourth-order valence-electron chi connectivity index (χ4n) is 1.84. The van der Waals surface area contributed by atoms with Crippen LogP contribution in [0.15, 0.2) is 23.1 Å². The lowest BCUT2D eigenvalue weighted by atomic mass is 10.1. The summed E-state index contributed by atoms with van der Waals surface area (Å²) in [5, 5.41) is 3.31. The molecule has 0 saturated carbocycles. The number of hydrogen-bond acceptors (Lipinski definition) is 3. The third-order valence-corrected chi connectivity index (χ3v) is 5.50. The Kier molecular flexibility index (Phi) is 6.17. The van der Waals surface area contributed by atoms with Crippen LogP contribution >= 0.6 is 0 Å². The maximum absolute atomic E-state index is 12.5. The first-order valence-electron chi connectivity index (χ1n) is 7.09. The van der Waals surface area contributed by atoms with Gasteiger partial charge in [-0.05, 0) is 57.0 Å². The van der Waals surface area contributed by atoms with Gasteiger partial charge in [-0.2, -0.15) is 4.31 Å². The SMILES string of the molecule is CCCNCc1cc(S(=O)(=O)N(C)C(C)C)ccc1C. The number of sulfonamides is 1. The number of aryl methyl sites for hydroxylation is 1. The van der Waals surface area contributed by atoms with Crippen LogP contribution in [-0.2, 0) is 16.6 Å². The van der Waals surface area contributed by atoms with Gasteiger partial charge in [0.2, 0.25) is 10.0 Å². The van der Waals surface area contributed by atoms with Crippen LogP contribution in [-0.4, -0.2) is 32.4 Å². The van der Waals surface area contributed by atoms with Crippen LogP contribution in [0.3, 0.4) is 0 Å². The van der Waals surface area contributed by atoms with Gasteiger partial charge in [-0.15, -0.1) is 0 Å². The minimum Gasteiger partial charge on any atom is -0.313 e. The van der Waals surface area contributed by atoms with E-state index < -0.39 is 10.0 Å². The molecule has 0 spiro atoms. The Balaban J connectivity index is 3.05. The van der Waals surface area contributed by atoms with Gasteiger partial charge in [-0.25, -0.2) is 8.42 Å². The second-order valence-corrected chi connectivity index (χ2v) is 7.38. The molecular weight excluding hydrogens is 272 g/mol. The highest BCUT2D eigenvalue weighted by Gasteiger charge is 2.23. The van der Waals surface area contributed by atoms with Crippen molar-refractivity contribution in [2.24, 2.45) is 0 Å². The van der Waals surface area contributed by atoms with Gasteiger partial charge in [0.05, 0.1) is 4.90 Å². The molecule has 0 aliphatic carbocycles. The van der Waals surface area contributed by atoms with Gasteiger partial charge in [0.25, 0.3) is 0 Å². The summed E-state index contributed by atoms with van der Waals surface area (Å²) in [6.07, 6.45) is 1.06. The summed E-state index contributed by atoms with van der Waals surface area (Å²) in [4.78, 5) is 0.368. The van der Waals surface area contributed by atoms with Gasteiger partial charge in [0, 0.05) is 19.6 Å². The van der Waals surface area contributed by atoms with Crippen molar-refractivity contribution in [2.75, 3.05) is 13.6 Å². The molecule has 0 fully saturated rings. The third-order valence-electron chi connectivity index (χ3n) is 3.47. The Morgan fingerprint density at radius 1 is 1.30 bits per heavy atom. The molecule has 0 amide bonds.